The van der Waals surface area contributed by atoms with Crippen LogP contribution in [0, 0.1) is 0 Å². The third kappa shape index (κ3) is 2.17. The molecule has 0 amide bonds. The highest BCUT2D eigenvalue weighted by molar-refractivity contribution is 7.98. The molecule has 1 atom stereocenters. The maximum absolute atomic E-state index is 12.5. The second-order valence-electron chi connectivity index (χ2n) is 4.69. The third-order valence-electron chi connectivity index (χ3n) is 3.47. The second-order valence-corrected chi connectivity index (χ2v) is 6.71. The van der Waals surface area contributed by atoms with Gasteiger partial charge in [-0.25, -0.2) is 0 Å². The lowest BCUT2D eigenvalue weighted by molar-refractivity contribution is -0.138. The number of hydrogen-bond acceptors (Lipinski definition) is 4. The Morgan fingerprint density at radius 3 is 2.85 bits per heavy atom. The fourth-order valence-electron chi connectivity index (χ4n) is 2.20. The molecule has 0 aliphatic carbocycles. The quantitative estimate of drug-likeness (QED) is 0.917. The highest BCUT2D eigenvalue weighted by Crippen LogP contribution is 2.37. The Hall–Kier alpha value is -1.59. The molecule has 5 heteroatoms. The van der Waals surface area contributed by atoms with Gasteiger partial charge in [0.2, 0.25) is 0 Å². The summed E-state index contributed by atoms with van der Waals surface area (Å²) in [6, 6.07) is 7.21. The topological polar surface area (TPSA) is 54.4 Å². The highest BCUT2D eigenvalue weighted by Gasteiger charge is 2.24. The monoisotopic (exact) mass is 304 g/mol. The van der Waals surface area contributed by atoms with Crippen LogP contribution in [-0.2, 0) is 10.5 Å². The summed E-state index contributed by atoms with van der Waals surface area (Å²) < 4.78 is 0. The molecule has 1 aliphatic heterocycles. The first-order chi connectivity index (χ1) is 9.58. The molecule has 1 N–H and O–H groups in total. The van der Waals surface area contributed by atoms with Gasteiger partial charge in [-0.3, -0.25) is 9.59 Å². The normalized spacial score (nSPS) is 15.2. The molecule has 1 aromatic heterocycles. The van der Waals surface area contributed by atoms with Gasteiger partial charge in [-0.15, -0.1) is 23.1 Å². The molecular weight excluding hydrogens is 292 g/mol. The van der Waals surface area contributed by atoms with Crippen molar-refractivity contribution in [2.75, 3.05) is 0 Å². The third-order valence-corrected chi connectivity index (χ3v) is 5.65. The number of hydrogen-bond donors (Lipinski definition) is 1. The summed E-state index contributed by atoms with van der Waals surface area (Å²) in [6.07, 6.45) is 0. The van der Waals surface area contributed by atoms with Crippen LogP contribution in [0.25, 0.3) is 0 Å². The summed E-state index contributed by atoms with van der Waals surface area (Å²) >= 11 is 3.19. The van der Waals surface area contributed by atoms with E-state index in [1.807, 2.05) is 17.5 Å². The van der Waals surface area contributed by atoms with Crippen LogP contribution in [-0.4, -0.2) is 16.9 Å². The molecule has 1 aromatic carbocycles. The minimum atomic E-state index is -0.853. The Bertz CT molecular complexity index is 703. The van der Waals surface area contributed by atoms with Crippen molar-refractivity contribution in [2.24, 2.45) is 0 Å². The molecule has 0 radical (unpaired) electrons. The van der Waals surface area contributed by atoms with Gasteiger partial charge >= 0.3 is 5.97 Å². The molecule has 2 aromatic rings. The molecule has 0 bridgehead atoms. The van der Waals surface area contributed by atoms with E-state index in [1.54, 1.807) is 42.2 Å². The number of carbonyl (C=O) groups excluding carboxylic acids is 1. The van der Waals surface area contributed by atoms with E-state index in [1.165, 1.54) is 0 Å². The van der Waals surface area contributed by atoms with Crippen LogP contribution >= 0.6 is 23.1 Å². The molecule has 20 heavy (non-hydrogen) atoms. The maximum atomic E-state index is 12.5. The van der Waals surface area contributed by atoms with Crippen molar-refractivity contribution in [2.45, 2.75) is 23.5 Å². The van der Waals surface area contributed by atoms with E-state index in [4.69, 9.17) is 5.11 Å². The van der Waals surface area contributed by atoms with Crippen LogP contribution in [0.1, 0.15) is 39.2 Å². The number of ketones is 1. The molecule has 1 unspecified atom stereocenters. The molecule has 2 heterocycles. The van der Waals surface area contributed by atoms with E-state index >= 15 is 0 Å². The molecule has 3 rings (SSSR count). The maximum Gasteiger partial charge on any atom is 0.310 e. The first-order valence-electron chi connectivity index (χ1n) is 6.18. The zero-order valence-corrected chi connectivity index (χ0v) is 12.4. The first-order valence-corrected chi connectivity index (χ1v) is 8.05. The number of fused-ring (bicyclic) bond motifs is 2. The minimum absolute atomic E-state index is 0.0378. The van der Waals surface area contributed by atoms with Gasteiger partial charge in [0.25, 0.3) is 0 Å². The largest absolute Gasteiger partial charge is 0.481 e. The van der Waals surface area contributed by atoms with Crippen LogP contribution < -0.4 is 0 Å². The van der Waals surface area contributed by atoms with Crippen LogP contribution in [0.5, 0.6) is 0 Å². The lowest BCUT2D eigenvalue weighted by Crippen LogP contribution is -2.08. The molecule has 102 valence electrons. The summed E-state index contributed by atoms with van der Waals surface area (Å²) in [5.74, 6) is -0.616. The lowest BCUT2D eigenvalue weighted by Gasteiger charge is -2.10. The van der Waals surface area contributed by atoms with Crippen LogP contribution in [0.2, 0.25) is 0 Å². The van der Waals surface area contributed by atoms with Gasteiger partial charge in [0.05, 0.1) is 5.92 Å². The lowest BCUT2D eigenvalue weighted by atomic mass is 9.97. The Kier molecular flexibility index (Phi) is 3.40. The van der Waals surface area contributed by atoms with Crippen LogP contribution in [0.15, 0.2) is 34.5 Å². The van der Waals surface area contributed by atoms with Crippen LogP contribution in [0.3, 0.4) is 0 Å². The van der Waals surface area contributed by atoms with Crippen molar-refractivity contribution < 1.29 is 14.7 Å². The van der Waals surface area contributed by atoms with Crippen molar-refractivity contribution in [3.63, 3.8) is 0 Å². The number of benzene rings is 1. The number of carbonyl (C=O) groups is 2. The van der Waals surface area contributed by atoms with Gasteiger partial charge in [-0.05, 0) is 36.1 Å². The number of thioether (sulfide) groups is 1. The molecule has 0 saturated carbocycles. The molecule has 0 saturated heterocycles. The number of carboxylic acid groups (broad SMARTS) is 1. The predicted octanol–water partition coefficient (Wildman–Crippen LogP) is 3.77. The fourth-order valence-corrected chi connectivity index (χ4v) is 4.28. The van der Waals surface area contributed by atoms with Crippen molar-refractivity contribution in [3.05, 3.63) is 51.2 Å². The van der Waals surface area contributed by atoms with Gasteiger partial charge in [0.15, 0.2) is 5.78 Å². The average Bonchev–Trinajstić information content (AvgIpc) is 2.87. The van der Waals surface area contributed by atoms with E-state index in [0.717, 1.165) is 26.7 Å². The number of thiophene rings is 1. The Morgan fingerprint density at radius 1 is 1.30 bits per heavy atom. The molecule has 3 nitrogen and oxygen atoms in total. The summed E-state index contributed by atoms with van der Waals surface area (Å²) in [4.78, 5) is 25.5. The average molecular weight is 304 g/mol. The van der Waals surface area contributed by atoms with Crippen molar-refractivity contribution in [3.8, 4) is 0 Å². The number of carboxylic acids is 1. The zero-order chi connectivity index (χ0) is 14.3. The highest BCUT2D eigenvalue weighted by atomic mass is 32.2. The number of rotatable bonds is 2. The zero-order valence-electron chi connectivity index (χ0n) is 10.8. The van der Waals surface area contributed by atoms with Crippen molar-refractivity contribution in [1.82, 2.24) is 0 Å². The Morgan fingerprint density at radius 2 is 2.10 bits per heavy atom. The Labute approximate surface area is 124 Å². The van der Waals surface area contributed by atoms with Gasteiger partial charge in [-0.2, -0.15) is 0 Å². The Balaban J connectivity index is 2.05. The van der Waals surface area contributed by atoms with E-state index in [0.29, 0.717) is 5.56 Å². The standard InChI is InChI=1S/C15H12O3S2/c1-8(15(17)18)9-2-3-10-12(6-9)20-7-13-11(14(10)16)4-5-19-13/h2-6,8H,7H2,1H3,(H,17,18). The van der Waals surface area contributed by atoms with E-state index < -0.39 is 11.9 Å². The van der Waals surface area contributed by atoms with E-state index in [-0.39, 0.29) is 5.78 Å². The molecule has 1 aliphatic rings. The number of aliphatic carboxylic acids is 1. The SMILES string of the molecule is CC(C(=O)O)c1ccc2c(c1)SCc1sccc1C2=O. The second kappa shape index (κ2) is 5.07. The van der Waals surface area contributed by atoms with Gasteiger partial charge in [0.1, 0.15) is 0 Å². The van der Waals surface area contributed by atoms with E-state index in [9.17, 15) is 9.59 Å². The van der Waals surface area contributed by atoms with Crippen molar-refractivity contribution in [1.29, 1.82) is 0 Å². The fraction of sp³-hybridized carbons (Fsp3) is 0.200. The van der Waals surface area contributed by atoms with Crippen molar-refractivity contribution >= 4 is 34.9 Å². The summed E-state index contributed by atoms with van der Waals surface area (Å²) in [5.41, 5.74) is 2.19. The first kappa shape index (κ1) is 13.4. The van der Waals surface area contributed by atoms with Gasteiger partial charge in [-0.1, -0.05) is 6.07 Å². The minimum Gasteiger partial charge on any atom is -0.481 e. The summed E-state index contributed by atoms with van der Waals surface area (Å²) in [5, 5.41) is 11.0. The smallest absolute Gasteiger partial charge is 0.310 e. The summed E-state index contributed by atoms with van der Waals surface area (Å²) in [6.45, 7) is 1.66. The molecular formula is C15H12O3S2. The molecule has 0 spiro atoms. The van der Waals surface area contributed by atoms with Gasteiger partial charge < -0.3 is 5.11 Å². The predicted molar refractivity (Wildman–Crippen MR) is 79.8 cm³/mol. The van der Waals surface area contributed by atoms with Crippen LogP contribution in [0.4, 0.5) is 0 Å². The molecule has 0 fully saturated rings. The van der Waals surface area contributed by atoms with Gasteiger partial charge in [0, 0.05) is 26.7 Å². The van der Waals surface area contributed by atoms with E-state index in [2.05, 4.69) is 0 Å². The summed E-state index contributed by atoms with van der Waals surface area (Å²) in [7, 11) is 0.